The van der Waals surface area contributed by atoms with Crippen molar-refractivity contribution in [2.24, 2.45) is 7.05 Å². The second kappa shape index (κ2) is 7.58. The van der Waals surface area contributed by atoms with Crippen LogP contribution in [0.3, 0.4) is 0 Å². The number of rotatable bonds is 6. The molecular formula is C21H22N4O4S. The molecule has 30 heavy (non-hydrogen) atoms. The van der Waals surface area contributed by atoms with Gasteiger partial charge in [0.05, 0.1) is 22.7 Å². The minimum Gasteiger partial charge on any atom is -0.408 e. The van der Waals surface area contributed by atoms with Crippen molar-refractivity contribution < 1.29 is 12.8 Å². The Kier molecular flexibility index (Phi) is 5.08. The van der Waals surface area contributed by atoms with Crippen LogP contribution in [0.5, 0.6) is 0 Å². The van der Waals surface area contributed by atoms with Gasteiger partial charge in [-0.25, -0.2) is 17.9 Å². The Morgan fingerprint density at radius 2 is 1.83 bits per heavy atom. The molecule has 4 aromatic rings. The minimum absolute atomic E-state index is 0.0383. The normalized spacial score (nSPS) is 12.0. The van der Waals surface area contributed by atoms with E-state index in [-0.39, 0.29) is 17.0 Å². The Bertz CT molecular complexity index is 1380. The third-order valence-electron chi connectivity index (χ3n) is 5.22. The molecule has 0 fully saturated rings. The molecule has 0 atom stereocenters. The second-order valence-corrected chi connectivity index (χ2v) is 8.94. The highest BCUT2D eigenvalue weighted by atomic mass is 32.2. The summed E-state index contributed by atoms with van der Waals surface area (Å²) in [6.07, 6.45) is 0. The zero-order valence-corrected chi connectivity index (χ0v) is 17.7. The molecule has 156 valence electrons. The molecule has 2 heterocycles. The first kappa shape index (κ1) is 20.1. The predicted octanol–water partition coefficient (Wildman–Crippen LogP) is 2.47. The summed E-state index contributed by atoms with van der Waals surface area (Å²) in [5, 5.41) is 4.56. The van der Waals surface area contributed by atoms with Crippen LogP contribution in [0.4, 0.5) is 0 Å². The lowest BCUT2D eigenvalue weighted by molar-refractivity contribution is 0.527. The van der Waals surface area contributed by atoms with Gasteiger partial charge in [0.25, 0.3) is 0 Å². The Morgan fingerprint density at radius 3 is 2.57 bits per heavy atom. The van der Waals surface area contributed by atoms with E-state index in [0.717, 1.165) is 22.5 Å². The lowest BCUT2D eigenvalue weighted by Crippen LogP contribution is -2.23. The number of aromatic nitrogens is 3. The van der Waals surface area contributed by atoms with Crippen LogP contribution in [-0.4, -0.2) is 22.8 Å². The van der Waals surface area contributed by atoms with Crippen molar-refractivity contribution in [2.45, 2.75) is 31.8 Å². The maximum absolute atomic E-state index is 12.8. The van der Waals surface area contributed by atoms with Gasteiger partial charge in [0.2, 0.25) is 10.0 Å². The van der Waals surface area contributed by atoms with Gasteiger partial charge in [0.15, 0.2) is 5.58 Å². The van der Waals surface area contributed by atoms with Gasteiger partial charge in [-0.15, -0.1) is 0 Å². The van der Waals surface area contributed by atoms with Gasteiger partial charge in [-0.3, -0.25) is 9.25 Å². The summed E-state index contributed by atoms with van der Waals surface area (Å²) in [6, 6.07) is 14.3. The van der Waals surface area contributed by atoms with Crippen molar-refractivity contribution in [1.29, 1.82) is 0 Å². The highest BCUT2D eigenvalue weighted by Gasteiger charge is 2.19. The first-order chi connectivity index (χ1) is 14.3. The molecule has 0 saturated carbocycles. The molecule has 0 radical (unpaired) electrons. The average Bonchev–Trinajstić information content (AvgIpc) is 3.15. The summed E-state index contributed by atoms with van der Waals surface area (Å²) < 4.78 is 36.5. The highest BCUT2D eigenvalue weighted by molar-refractivity contribution is 7.89. The molecule has 0 aliphatic rings. The number of benzene rings is 2. The van der Waals surface area contributed by atoms with Gasteiger partial charge in [-0.2, -0.15) is 5.10 Å². The van der Waals surface area contributed by atoms with Crippen molar-refractivity contribution in [2.75, 3.05) is 0 Å². The molecule has 0 bridgehead atoms. The molecule has 1 N–H and O–H groups in total. The third kappa shape index (κ3) is 3.69. The summed E-state index contributed by atoms with van der Waals surface area (Å²) in [5.41, 5.74) is 4.40. The topological polar surface area (TPSA) is 99.1 Å². The SMILES string of the molecule is Cc1nn(Cc2ccccc2)c(C)c1CNS(=O)(=O)c1ccc2c(c1)oc(=O)n2C. The van der Waals surface area contributed by atoms with E-state index in [4.69, 9.17) is 4.42 Å². The van der Waals surface area contributed by atoms with Crippen LogP contribution >= 0.6 is 0 Å². The fourth-order valence-corrected chi connectivity index (χ4v) is 4.44. The average molecular weight is 426 g/mol. The number of nitrogens with zero attached hydrogens (tertiary/aromatic N) is 3. The Hall–Kier alpha value is -3.17. The molecular weight excluding hydrogens is 404 g/mol. The van der Waals surface area contributed by atoms with E-state index in [1.54, 1.807) is 13.1 Å². The number of oxazole rings is 1. The number of nitrogens with one attached hydrogen (secondary N) is 1. The standard InChI is InChI=1S/C21H22N4O4S/c1-14-18(15(2)25(23-14)13-16-7-5-4-6-8-16)12-22-30(27,28)17-9-10-19-20(11-17)29-21(26)24(19)3/h4-11,22H,12-13H2,1-3H3. The Labute approximate surface area is 173 Å². The number of fused-ring (bicyclic) bond motifs is 1. The first-order valence-electron chi connectivity index (χ1n) is 9.42. The zero-order chi connectivity index (χ0) is 21.5. The molecule has 2 aromatic heterocycles. The fourth-order valence-electron chi connectivity index (χ4n) is 3.43. The lowest BCUT2D eigenvalue weighted by atomic mass is 10.2. The van der Waals surface area contributed by atoms with Crippen LogP contribution in [-0.2, 0) is 30.2 Å². The zero-order valence-electron chi connectivity index (χ0n) is 16.9. The van der Waals surface area contributed by atoms with Crippen molar-refractivity contribution in [3.8, 4) is 0 Å². The summed E-state index contributed by atoms with van der Waals surface area (Å²) in [7, 11) is -2.23. The van der Waals surface area contributed by atoms with Gasteiger partial charge in [-0.1, -0.05) is 30.3 Å². The summed E-state index contributed by atoms with van der Waals surface area (Å²) in [6.45, 7) is 4.52. The van der Waals surface area contributed by atoms with Crippen LogP contribution in [0.1, 0.15) is 22.5 Å². The number of sulfonamides is 1. The van der Waals surface area contributed by atoms with Crippen LogP contribution in [0, 0.1) is 13.8 Å². The van der Waals surface area contributed by atoms with Gasteiger partial charge >= 0.3 is 5.76 Å². The fraction of sp³-hybridized carbons (Fsp3) is 0.238. The predicted molar refractivity (Wildman–Crippen MR) is 113 cm³/mol. The van der Waals surface area contributed by atoms with Crippen LogP contribution < -0.4 is 10.5 Å². The smallest absolute Gasteiger partial charge is 0.408 e. The van der Waals surface area contributed by atoms with Crippen molar-refractivity contribution in [3.05, 3.63) is 81.6 Å². The van der Waals surface area contributed by atoms with E-state index in [9.17, 15) is 13.2 Å². The summed E-state index contributed by atoms with van der Waals surface area (Å²) >= 11 is 0. The number of aryl methyl sites for hydroxylation is 2. The molecule has 0 saturated heterocycles. The van der Waals surface area contributed by atoms with Crippen molar-refractivity contribution in [3.63, 3.8) is 0 Å². The van der Waals surface area contributed by atoms with E-state index in [1.807, 2.05) is 48.9 Å². The highest BCUT2D eigenvalue weighted by Crippen LogP contribution is 2.20. The molecule has 0 aliphatic carbocycles. The molecule has 2 aromatic carbocycles. The van der Waals surface area contributed by atoms with E-state index in [0.29, 0.717) is 12.1 Å². The van der Waals surface area contributed by atoms with Crippen molar-refractivity contribution in [1.82, 2.24) is 19.1 Å². The number of hydrogen-bond donors (Lipinski definition) is 1. The molecule has 9 heteroatoms. The summed E-state index contributed by atoms with van der Waals surface area (Å²) in [4.78, 5) is 11.7. The first-order valence-corrected chi connectivity index (χ1v) is 10.9. The Morgan fingerprint density at radius 1 is 1.10 bits per heavy atom. The van der Waals surface area contributed by atoms with E-state index in [1.165, 1.54) is 16.7 Å². The second-order valence-electron chi connectivity index (χ2n) is 7.17. The maximum Gasteiger partial charge on any atom is 0.419 e. The molecule has 4 rings (SSSR count). The van der Waals surface area contributed by atoms with Gasteiger partial charge < -0.3 is 4.42 Å². The molecule has 0 aliphatic heterocycles. The van der Waals surface area contributed by atoms with Gasteiger partial charge in [-0.05, 0) is 31.5 Å². The molecule has 0 spiro atoms. The molecule has 8 nitrogen and oxygen atoms in total. The lowest BCUT2D eigenvalue weighted by Gasteiger charge is -2.08. The van der Waals surface area contributed by atoms with Gasteiger partial charge in [0, 0.05) is 30.9 Å². The van der Waals surface area contributed by atoms with Crippen LogP contribution in [0.25, 0.3) is 11.1 Å². The van der Waals surface area contributed by atoms with E-state index >= 15 is 0 Å². The van der Waals surface area contributed by atoms with Gasteiger partial charge in [0.1, 0.15) is 0 Å². The number of hydrogen-bond acceptors (Lipinski definition) is 5. The van der Waals surface area contributed by atoms with E-state index < -0.39 is 15.8 Å². The van der Waals surface area contributed by atoms with Crippen LogP contribution in [0.2, 0.25) is 0 Å². The third-order valence-corrected chi connectivity index (χ3v) is 6.62. The quantitative estimate of drug-likeness (QED) is 0.511. The molecule has 0 unspecified atom stereocenters. The maximum atomic E-state index is 12.8. The monoisotopic (exact) mass is 426 g/mol. The van der Waals surface area contributed by atoms with Crippen LogP contribution in [0.15, 0.2) is 62.6 Å². The Balaban J connectivity index is 1.56. The largest absolute Gasteiger partial charge is 0.419 e. The summed E-state index contributed by atoms with van der Waals surface area (Å²) in [5.74, 6) is -0.537. The van der Waals surface area contributed by atoms with E-state index in [2.05, 4.69) is 9.82 Å². The minimum atomic E-state index is -3.80. The van der Waals surface area contributed by atoms with Crippen molar-refractivity contribution >= 4 is 21.1 Å². The molecule has 0 amide bonds.